The summed E-state index contributed by atoms with van der Waals surface area (Å²) < 4.78 is 5.98. The van der Waals surface area contributed by atoms with E-state index in [0.717, 1.165) is 32.1 Å². The minimum Gasteiger partial charge on any atom is -0.471 e. The predicted molar refractivity (Wildman–Crippen MR) is 105 cm³/mol. The second-order valence-corrected chi connectivity index (χ2v) is 8.76. The molecule has 4 rings (SSSR count). The quantitative estimate of drug-likeness (QED) is 0.680. The number of ether oxygens (including phenoxy) is 1. The van der Waals surface area contributed by atoms with E-state index in [0.29, 0.717) is 44.3 Å². The van der Waals surface area contributed by atoms with Gasteiger partial charge in [-0.15, -0.1) is 0 Å². The molecule has 29 heavy (non-hydrogen) atoms. The number of nitrogens with one attached hydrogen (secondary N) is 3. The lowest BCUT2D eigenvalue weighted by molar-refractivity contribution is -0.137. The largest absolute Gasteiger partial charge is 0.471 e. The van der Waals surface area contributed by atoms with Crippen molar-refractivity contribution in [3.63, 3.8) is 0 Å². The Morgan fingerprint density at radius 1 is 1.07 bits per heavy atom. The maximum atomic E-state index is 13.0. The van der Waals surface area contributed by atoms with Crippen LogP contribution in [-0.2, 0) is 16.0 Å². The van der Waals surface area contributed by atoms with Crippen LogP contribution in [0, 0.1) is 0 Å². The highest BCUT2D eigenvalue weighted by Crippen LogP contribution is 2.38. The van der Waals surface area contributed by atoms with E-state index in [1.54, 1.807) is 0 Å². The average molecular weight is 404 g/mol. The number of nitrogens with zero attached hydrogens (tertiary/aromatic N) is 1. The van der Waals surface area contributed by atoms with E-state index in [4.69, 9.17) is 4.74 Å². The molecule has 0 radical (unpaired) electrons. The molecule has 0 unspecified atom stereocenters. The molecule has 1 saturated carbocycles. The summed E-state index contributed by atoms with van der Waals surface area (Å²) in [6.45, 7) is 2.57. The first-order valence-electron chi connectivity index (χ1n) is 10.4. The van der Waals surface area contributed by atoms with Crippen molar-refractivity contribution in [2.75, 3.05) is 13.1 Å². The van der Waals surface area contributed by atoms with Crippen LogP contribution in [0.15, 0.2) is 9.59 Å². The van der Waals surface area contributed by atoms with Crippen LogP contribution in [0.2, 0.25) is 0 Å². The Kier molecular flexibility index (Phi) is 5.00. The van der Waals surface area contributed by atoms with E-state index in [9.17, 15) is 19.2 Å². The summed E-state index contributed by atoms with van der Waals surface area (Å²) >= 11 is 0. The number of aromatic amines is 2. The van der Waals surface area contributed by atoms with Crippen LogP contribution in [0.5, 0.6) is 5.88 Å². The van der Waals surface area contributed by atoms with Gasteiger partial charge in [-0.3, -0.25) is 24.4 Å². The van der Waals surface area contributed by atoms with Crippen LogP contribution in [-0.4, -0.2) is 50.9 Å². The third kappa shape index (κ3) is 3.95. The summed E-state index contributed by atoms with van der Waals surface area (Å²) in [5.41, 5.74) is -1.49. The van der Waals surface area contributed by atoms with Crippen LogP contribution >= 0.6 is 0 Å². The highest BCUT2D eigenvalue weighted by molar-refractivity contribution is 5.80. The van der Waals surface area contributed by atoms with Gasteiger partial charge in [-0.25, -0.2) is 4.79 Å². The molecule has 2 aliphatic heterocycles. The van der Waals surface area contributed by atoms with Gasteiger partial charge in [-0.2, -0.15) is 0 Å². The molecule has 158 valence electrons. The molecule has 3 heterocycles. The van der Waals surface area contributed by atoms with Crippen molar-refractivity contribution in [2.45, 2.75) is 75.9 Å². The molecular formula is C20H28N4O5. The van der Waals surface area contributed by atoms with Gasteiger partial charge in [0.05, 0.1) is 5.56 Å². The van der Waals surface area contributed by atoms with E-state index in [1.165, 1.54) is 6.92 Å². The molecule has 1 aliphatic carbocycles. The Bertz CT molecular complexity index is 920. The fraction of sp³-hybridized carbons (Fsp3) is 0.700. The van der Waals surface area contributed by atoms with Crippen molar-refractivity contribution in [3.05, 3.63) is 26.4 Å². The van der Waals surface area contributed by atoms with Crippen LogP contribution in [0.3, 0.4) is 0 Å². The Labute approximate surface area is 168 Å². The molecule has 1 aromatic rings. The average Bonchev–Trinajstić information content (AvgIpc) is 3.00. The first-order valence-corrected chi connectivity index (χ1v) is 10.4. The number of hydrogen-bond donors (Lipinski definition) is 3. The fourth-order valence-corrected chi connectivity index (χ4v) is 5.11. The topological polar surface area (TPSA) is 124 Å². The van der Waals surface area contributed by atoms with Crippen molar-refractivity contribution in [1.29, 1.82) is 0 Å². The molecule has 0 atom stereocenters. The Morgan fingerprint density at radius 2 is 1.76 bits per heavy atom. The summed E-state index contributed by atoms with van der Waals surface area (Å²) in [5.74, 6) is 0.219. The summed E-state index contributed by atoms with van der Waals surface area (Å²) in [6.07, 6.45) is 6.82. The lowest BCUT2D eigenvalue weighted by Crippen LogP contribution is -2.54. The van der Waals surface area contributed by atoms with E-state index >= 15 is 0 Å². The lowest BCUT2D eigenvalue weighted by atomic mass is 9.78. The Hall–Kier alpha value is -2.58. The number of rotatable bonds is 3. The summed E-state index contributed by atoms with van der Waals surface area (Å²) in [4.78, 5) is 54.8. The number of carbonyl (C=O) groups excluding carboxylic acids is 2. The SMILES string of the molecule is CC(=O)NC1(CC(=O)N2CCC3(CC2)Cc2c([nH]c(=O)[nH]c2=O)O3)CCCCC1. The fourth-order valence-electron chi connectivity index (χ4n) is 5.11. The molecule has 3 aliphatic rings. The van der Waals surface area contributed by atoms with Crippen LogP contribution in [0.4, 0.5) is 0 Å². The molecule has 1 spiro atoms. The van der Waals surface area contributed by atoms with E-state index in [2.05, 4.69) is 15.3 Å². The minimum absolute atomic E-state index is 0.0530. The highest BCUT2D eigenvalue weighted by Gasteiger charge is 2.45. The summed E-state index contributed by atoms with van der Waals surface area (Å²) in [5, 5.41) is 3.05. The van der Waals surface area contributed by atoms with Crippen LogP contribution in [0.25, 0.3) is 0 Å². The predicted octanol–water partition coefficient (Wildman–Crippen LogP) is 0.588. The van der Waals surface area contributed by atoms with Crippen molar-refractivity contribution in [3.8, 4) is 5.88 Å². The molecule has 0 aromatic carbocycles. The van der Waals surface area contributed by atoms with Gasteiger partial charge in [0.15, 0.2) is 0 Å². The molecular weight excluding hydrogens is 376 g/mol. The molecule has 1 aromatic heterocycles. The maximum Gasteiger partial charge on any atom is 0.328 e. The first kappa shape index (κ1) is 19.7. The normalized spacial score (nSPS) is 22.0. The van der Waals surface area contributed by atoms with Gasteiger partial charge in [0.1, 0.15) is 5.60 Å². The van der Waals surface area contributed by atoms with Gasteiger partial charge >= 0.3 is 5.69 Å². The van der Waals surface area contributed by atoms with E-state index in [1.807, 2.05) is 4.90 Å². The van der Waals surface area contributed by atoms with Crippen molar-refractivity contribution in [1.82, 2.24) is 20.2 Å². The number of hydrogen-bond acceptors (Lipinski definition) is 5. The minimum atomic E-state index is -0.575. The number of aromatic nitrogens is 2. The van der Waals surface area contributed by atoms with Gasteiger partial charge in [0.25, 0.3) is 5.56 Å². The van der Waals surface area contributed by atoms with Gasteiger partial charge in [-0.1, -0.05) is 19.3 Å². The van der Waals surface area contributed by atoms with Gasteiger partial charge in [0.2, 0.25) is 17.7 Å². The first-order chi connectivity index (χ1) is 13.8. The molecule has 9 nitrogen and oxygen atoms in total. The van der Waals surface area contributed by atoms with Crippen LogP contribution < -0.4 is 21.3 Å². The van der Waals surface area contributed by atoms with Gasteiger partial charge < -0.3 is 15.0 Å². The number of amides is 2. The zero-order valence-corrected chi connectivity index (χ0v) is 16.8. The van der Waals surface area contributed by atoms with Crippen molar-refractivity contribution < 1.29 is 14.3 Å². The summed E-state index contributed by atoms with van der Waals surface area (Å²) in [6, 6.07) is 0. The zero-order valence-electron chi connectivity index (χ0n) is 16.8. The second kappa shape index (κ2) is 7.35. The van der Waals surface area contributed by atoms with Gasteiger partial charge in [-0.05, 0) is 12.8 Å². The number of carbonyl (C=O) groups is 2. The molecule has 0 bridgehead atoms. The number of piperidine rings is 1. The summed E-state index contributed by atoms with van der Waals surface area (Å²) in [7, 11) is 0. The maximum absolute atomic E-state index is 13.0. The van der Waals surface area contributed by atoms with E-state index in [-0.39, 0.29) is 17.7 Å². The third-order valence-corrected chi connectivity index (χ3v) is 6.59. The number of H-pyrrole nitrogens is 2. The molecule has 1 saturated heterocycles. The number of likely N-dealkylation sites (tertiary alicyclic amines) is 1. The lowest BCUT2D eigenvalue weighted by Gasteiger charge is -2.42. The van der Waals surface area contributed by atoms with Gasteiger partial charge in [0, 0.05) is 51.2 Å². The highest BCUT2D eigenvalue weighted by atomic mass is 16.5. The standard InChI is InChI=1S/C20H28N4O5/c1-13(25)23-19(5-3-2-4-6-19)12-15(26)24-9-7-20(8-10-24)11-14-16(27)21-18(28)22-17(14)29-20/h2-12H2,1H3,(H,23,25)(H2,21,22,27,28). The Balaban J connectivity index is 1.40. The molecule has 9 heteroatoms. The zero-order chi connectivity index (χ0) is 20.6. The van der Waals surface area contributed by atoms with Crippen molar-refractivity contribution >= 4 is 11.8 Å². The molecule has 2 fully saturated rings. The molecule has 3 N–H and O–H groups in total. The monoisotopic (exact) mass is 404 g/mol. The smallest absolute Gasteiger partial charge is 0.328 e. The van der Waals surface area contributed by atoms with Crippen LogP contribution in [0.1, 0.15) is 63.9 Å². The third-order valence-electron chi connectivity index (χ3n) is 6.59. The molecule has 2 amide bonds. The Morgan fingerprint density at radius 3 is 2.41 bits per heavy atom. The second-order valence-electron chi connectivity index (χ2n) is 8.76. The number of fused-ring (bicyclic) bond motifs is 1. The van der Waals surface area contributed by atoms with E-state index < -0.39 is 22.4 Å². The van der Waals surface area contributed by atoms with Crippen molar-refractivity contribution in [2.24, 2.45) is 0 Å².